The summed E-state index contributed by atoms with van der Waals surface area (Å²) in [5, 5.41) is 5.05. The molecule has 3 rings (SSSR count). The summed E-state index contributed by atoms with van der Waals surface area (Å²) in [6, 6.07) is -1.79. The van der Waals surface area contributed by atoms with Gasteiger partial charge in [-0.15, -0.1) is 11.3 Å². The van der Waals surface area contributed by atoms with Gasteiger partial charge in [0.25, 0.3) is 0 Å². The standard InChI is InChI=1S/C23H37N5O3S/c24-11-5-4-9-18(20(29)22-26-12-14-32-22)27-21(30)19-10-6-13-28(19)23(31)17(25)15-16-7-2-1-3-8-16/h12,14,16-19H,1-11,13,15,24-25H2,(H,27,30)/t17-,18+,19+/m1/s1. The summed E-state index contributed by atoms with van der Waals surface area (Å²) in [6.07, 6.45) is 11.6. The number of carbonyl (C=O) groups excluding carboxylic acids is 3. The van der Waals surface area contributed by atoms with Gasteiger partial charge >= 0.3 is 0 Å². The largest absolute Gasteiger partial charge is 0.344 e. The van der Waals surface area contributed by atoms with Crippen LogP contribution in [0.1, 0.15) is 80.4 Å². The second-order valence-corrected chi connectivity index (χ2v) is 9.98. The van der Waals surface area contributed by atoms with Gasteiger partial charge in [0.05, 0.1) is 12.1 Å². The van der Waals surface area contributed by atoms with E-state index in [1.165, 1.54) is 30.6 Å². The number of ketones is 1. The van der Waals surface area contributed by atoms with E-state index in [-0.39, 0.29) is 17.6 Å². The van der Waals surface area contributed by atoms with E-state index in [0.29, 0.717) is 43.3 Å². The molecular weight excluding hydrogens is 426 g/mol. The molecule has 3 atom stereocenters. The van der Waals surface area contributed by atoms with Gasteiger partial charge in [-0.3, -0.25) is 14.4 Å². The first-order valence-electron chi connectivity index (χ1n) is 12.0. The average Bonchev–Trinajstić information content (AvgIpc) is 3.50. The van der Waals surface area contributed by atoms with Gasteiger partial charge < -0.3 is 21.7 Å². The minimum absolute atomic E-state index is 0.140. The summed E-state index contributed by atoms with van der Waals surface area (Å²) in [5.41, 5.74) is 11.9. The molecule has 9 heteroatoms. The lowest BCUT2D eigenvalue weighted by molar-refractivity contribution is -0.139. The lowest BCUT2D eigenvalue weighted by Crippen LogP contribution is -2.54. The van der Waals surface area contributed by atoms with Crippen molar-refractivity contribution in [3.8, 4) is 0 Å². The molecule has 2 amide bonds. The molecule has 2 aliphatic rings. The highest BCUT2D eigenvalue weighted by Gasteiger charge is 2.38. The maximum Gasteiger partial charge on any atom is 0.243 e. The monoisotopic (exact) mass is 463 g/mol. The Morgan fingerprint density at radius 2 is 1.94 bits per heavy atom. The third-order valence-corrected chi connectivity index (χ3v) is 7.48. The number of nitrogens with one attached hydrogen (secondary N) is 1. The molecule has 2 fully saturated rings. The Bertz CT molecular complexity index is 751. The molecule has 1 aromatic rings. The van der Waals surface area contributed by atoms with Crippen LogP contribution < -0.4 is 16.8 Å². The van der Waals surface area contributed by atoms with Gasteiger partial charge in [-0.1, -0.05) is 32.1 Å². The first kappa shape index (κ1) is 24.8. The van der Waals surface area contributed by atoms with E-state index in [9.17, 15) is 14.4 Å². The van der Waals surface area contributed by atoms with Gasteiger partial charge in [0.1, 0.15) is 6.04 Å². The van der Waals surface area contributed by atoms with Crippen LogP contribution in [0.5, 0.6) is 0 Å². The van der Waals surface area contributed by atoms with E-state index in [4.69, 9.17) is 11.5 Å². The van der Waals surface area contributed by atoms with Crippen LogP contribution in [0.25, 0.3) is 0 Å². The lowest BCUT2D eigenvalue weighted by atomic mass is 9.84. The molecule has 1 aliphatic heterocycles. The number of nitrogens with zero attached hydrogens (tertiary/aromatic N) is 2. The van der Waals surface area contributed by atoms with Crippen LogP contribution in [0.3, 0.4) is 0 Å². The van der Waals surface area contributed by atoms with Crippen LogP contribution in [0.15, 0.2) is 11.6 Å². The number of Topliss-reactive ketones (excluding diaryl/α,β-unsaturated/α-hetero) is 1. The number of amides is 2. The van der Waals surface area contributed by atoms with E-state index in [2.05, 4.69) is 10.3 Å². The van der Waals surface area contributed by atoms with Crippen LogP contribution >= 0.6 is 11.3 Å². The number of carbonyl (C=O) groups is 3. The number of likely N-dealkylation sites (tertiary alicyclic amines) is 1. The number of nitrogens with two attached hydrogens (primary N) is 2. The van der Waals surface area contributed by atoms with Crippen LogP contribution in [0, 0.1) is 5.92 Å². The Morgan fingerprint density at radius 3 is 2.62 bits per heavy atom. The van der Waals surface area contributed by atoms with Crippen molar-refractivity contribution in [2.75, 3.05) is 13.1 Å². The van der Waals surface area contributed by atoms with Crippen molar-refractivity contribution >= 4 is 28.9 Å². The molecule has 32 heavy (non-hydrogen) atoms. The summed E-state index contributed by atoms with van der Waals surface area (Å²) < 4.78 is 0. The number of hydrogen-bond acceptors (Lipinski definition) is 7. The van der Waals surface area contributed by atoms with E-state index in [0.717, 1.165) is 32.1 Å². The Morgan fingerprint density at radius 1 is 1.16 bits per heavy atom. The molecule has 178 valence electrons. The Hall–Kier alpha value is -1.84. The minimum atomic E-state index is -0.659. The van der Waals surface area contributed by atoms with Crippen LogP contribution in [0.4, 0.5) is 0 Å². The first-order chi connectivity index (χ1) is 15.5. The molecule has 1 aromatic heterocycles. The fourth-order valence-corrected chi connectivity index (χ4v) is 5.55. The SMILES string of the molecule is NCCCC[C@H](NC(=O)[C@@H]1CCCN1C(=O)[C@H](N)CC1CCCCC1)C(=O)c1nccs1. The summed E-state index contributed by atoms with van der Waals surface area (Å²) in [4.78, 5) is 44.9. The number of hydrogen-bond donors (Lipinski definition) is 3. The van der Waals surface area contributed by atoms with E-state index in [1.54, 1.807) is 16.5 Å². The fraction of sp³-hybridized carbons (Fsp3) is 0.739. The number of rotatable bonds is 11. The second kappa shape index (κ2) is 12.4. The smallest absolute Gasteiger partial charge is 0.243 e. The lowest BCUT2D eigenvalue weighted by Gasteiger charge is -2.30. The molecule has 0 spiro atoms. The fourth-order valence-electron chi connectivity index (χ4n) is 4.92. The van der Waals surface area contributed by atoms with Crippen molar-refractivity contribution < 1.29 is 14.4 Å². The third kappa shape index (κ3) is 6.59. The summed E-state index contributed by atoms with van der Waals surface area (Å²) >= 11 is 1.27. The summed E-state index contributed by atoms with van der Waals surface area (Å²) in [7, 11) is 0. The van der Waals surface area contributed by atoms with Crippen molar-refractivity contribution in [2.24, 2.45) is 17.4 Å². The van der Waals surface area contributed by atoms with E-state index >= 15 is 0 Å². The highest BCUT2D eigenvalue weighted by molar-refractivity contribution is 7.11. The minimum Gasteiger partial charge on any atom is -0.344 e. The summed E-state index contributed by atoms with van der Waals surface area (Å²) in [5.74, 6) is -0.0989. The Labute approximate surface area is 194 Å². The average molecular weight is 464 g/mol. The highest BCUT2D eigenvalue weighted by Crippen LogP contribution is 2.28. The van der Waals surface area contributed by atoms with Gasteiger partial charge in [-0.05, 0) is 51.0 Å². The first-order valence-corrected chi connectivity index (χ1v) is 12.9. The molecular formula is C23H37N5O3S. The third-order valence-electron chi connectivity index (χ3n) is 6.69. The highest BCUT2D eigenvalue weighted by atomic mass is 32.1. The van der Waals surface area contributed by atoms with Crippen LogP contribution in [-0.2, 0) is 9.59 Å². The quantitative estimate of drug-likeness (QED) is 0.341. The molecule has 1 saturated carbocycles. The van der Waals surface area contributed by atoms with Gasteiger partial charge in [0.15, 0.2) is 5.01 Å². The Balaban J connectivity index is 1.61. The molecule has 5 N–H and O–H groups in total. The van der Waals surface area contributed by atoms with E-state index in [1.807, 2.05) is 0 Å². The molecule has 1 aliphatic carbocycles. The zero-order valence-electron chi connectivity index (χ0n) is 18.8. The molecule has 0 bridgehead atoms. The normalized spacial score (nSPS) is 21.3. The van der Waals surface area contributed by atoms with Gasteiger partial charge in [-0.25, -0.2) is 4.98 Å². The van der Waals surface area contributed by atoms with Gasteiger partial charge in [-0.2, -0.15) is 0 Å². The maximum absolute atomic E-state index is 13.2. The number of aromatic nitrogens is 1. The molecule has 1 saturated heterocycles. The maximum atomic E-state index is 13.2. The van der Waals surface area contributed by atoms with Crippen molar-refractivity contribution in [2.45, 2.75) is 88.8 Å². The topological polar surface area (TPSA) is 131 Å². The zero-order chi connectivity index (χ0) is 22.9. The van der Waals surface area contributed by atoms with Crippen molar-refractivity contribution in [1.29, 1.82) is 0 Å². The van der Waals surface area contributed by atoms with E-state index < -0.39 is 18.1 Å². The zero-order valence-corrected chi connectivity index (χ0v) is 19.7. The molecule has 8 nitrogen and oxygen atoms in total. The molecule has 0 unspecified atom stereocenters. The molecule has 2 heterocycles. The van der Waals surface area contributed by atoms with Gasteiger partial charge in [0, 0.05) is 18.1 Å². The van der Waals surface area contributed by atoms with Crippen molar-refractivity contribution in [1.82, 2.24) is 15.2 Å². The van der Waals surface area contributed by atoms with Crippen LogP contribution in [-0.4, -0.2) is 58.7 Å². The molecule has 0 radical (unpaired) electrons. The van der Waals surface area contributed by atoms with Gasteiger partial charge in [0.2, 0.25) is 17.6 Å². The Kier molecular flexibility index (Phi) is 9.62. The predicted molar refractivity (Wildman–Crippen MR) is 125 cm³/mol. The summed E-state index contributed by atoms with van der Waals surface area (Å²) in [6.45, 7) is 1.07. The molecule has 0 aromatic carbocycles. The number of unbranched alkanes of at least 4 members (excludes halogenated alkanes) is 1. The second-order valence-electron chi connectivity index (χ2n) is 9.08. The van der Waals surface area contributed by atoms with Crippen LogP contribution in [0.2, 0.25) is 0 Å². The van der Waals surface area contributed by atoms with Crippen molar-refractivity contribution in [3.63, 3.8) is 0 Å². The van der Waals surface area contributed by atoms with Crippen molar-refractivity contribution in [3.05, 3.63) is 16.6 Å². The number of thiazole rings is 1. The predicted octanol–water partition coefficient (Wildman–Crippen LogP) is 2.23.